The van der Waals surface area contributed by atoms with Crippen LogP contribution in [-0.4, -0.2) is 23.1 Å². The summed E-state index contributed by atoms with van der Waals surface area (Å²) in [7, 11) is 0. The first-order chi connectivity index (χ1) is 9.67. The number of nitrogens with two attached hydrogens (primary N) is 1. The molecule has 0 radical (unpaired) electrons. The van der Waals surface area contributed by atoms with Gasteiger partial charge in [0, 0.05) is 22.6 Å². The Morgan fingerprint density at radius 2 is 2.05 bits per heavy atom. The van der Waals surface area contributed by atoms with Gasteiger partial charge in [-0.3, -0.25) is 0 Å². The number of ether oxygens (including phenoxy) is 1. The largest absolute Gasteiger partial charge is 0.444 e. The van der Waals surface area contributed by atoms with Gasteiger partial charge in [0.05, 0.1) is 6.54 Å². The maximum atomic E-state index is 12.3. The summed E-state index contributed by atoms with van der Waals surface area (Å²) in [6.07, 6.45) is 0.289. The van der Waals surface area contributed by atoms with Crippen molar-refractivity contribution in [1.82, 2.24) is 4.90 Å². The Morgan fingerprint density at radius 3 is 2.67 bits per heavy atom. The van der Waals surface area contributed by atoms with Crippen molar-refractivity contribution in [3.63, 3.8) is 0 Å². The van der Waals surface area contributed by atoms with Crippen molar-refractivity contribution in [3.05, 3.63) is 33.3 Å². The molecule has 0 bridgehead atoms. The van der Waals surface area contributed by atoms with E-state index in [0.29, 0.717) is 29.6 Å². The lowest BCUT2D eigenvalue weighted by Gasteiger charge is -2.26. The van der Waals surface area contributed by atoms with Crippen LogP contribution < -0.4 is 5.73 Å². The number of hydrogen-bond acceptors (Lipinski definition) is 3. The highest BCUT2D eigenvalue weighted by molar-refractivity contribution is 6.35. The smallest absolute Gasteiger partial charge is 0.410 e. The first-order valence-corrected chi connectivity index (χ1v) is 7.64. The molecular weight excluding hydrogens is 311 g/mol. The predicted octanol–water partition coefficient (Wildman–Crippen LogP) is 4.13. The van der Waals surface area contributed by atoms with Gasteiger partial charge in [0.15, 0.2) is 0 Å². The molecule has 1 unspecified atom stereocenters. The summed E-state index contributed by atoms with van der Waals surface area (Å²) in [5.41, 5.74) is 7.39. The summed E-state index contributed by atoms with van der Waals surface area (Å²) in [6.45, 7) is 6.44. The summed E-state index contributed by atoms with van der Waals surface area (Å²) in [6, 6.07) is 3.31. The lowest BCUT2D eigenvalue weighted by molar-refractivity contribution is 0.0235. The molecule has 1 aliphatic heterocycles. The molecule has 1 heterocycles. The van der Waals surface area contributed by atoms with Crippen LogP contribution >= 0.6 is 23.2 Å². The van der Waals surface area contributed by atoms with E-state index in [-0.39, 0.29) is 12.1 Å². The molecule has 0 aliphatic carbocycles. The second-order valence-corrected chi connectivity index (χ2v) is 7.10. The fourth-order valence-corrected chi connectivity index (χ4v) is 2.89. The number of benzene rings is 1. The molecule has 1 aliphatic rings. The lowest BCUT2D eigenvalue weighted by Crippen LogP contribution is -2.36. The fourth-order valence-electron chi connectivity index (χ4n) is 2.32. The SMILES string of the molecule is CC(C)(C)OC(=O)N1CCC(N)c2cc(Cl)cc(Cl)c2C1. The van der Waals surface area contributed by atoms with Gasteiger partial charge in [0.1, 0.15) is 5.60 Å². The van der Waals surface area contributed by atoms with E-state index in [1.54, 1.807) is 11.0 Å². The number of rotatable bonds is 0. The molecule has 1 aromatic carbocycles. The number of hydrogen-bond donors (Lipinski definition) is 1. The van der Waals surface area contributed by atoms with Crippen LogP contribution in [0.15, 0.2) is 12.1 Å². The van der Waals surface area contributed by atoms with E-state index >= 15 is 0 Å². The van der Waals surface area contributed by atoms with Gasteiger partial charge in [-0.1, -0.05) is 23.2 Å². The van der Waals surface area contributed by atoms with Gasteiger partial charge in [0.2, 0.25) is 0 Å². The van der Waals surface area contributed by atoms with Gasteiger partial charge in [-0.05, 0) is 50.5 Å². The monoisotopic (exact) mass is 330 g/mol. The van der Waals surface area contributed by atoms with Crippen LogP contribution in [0.1, 0.15) is 44.4 Å². The van der Waals surface area contributed by atoms with Crippen molar-refractivity contribution in [2.45, 2.75) is 45.4 Å². The number of nitrogens with zero attached hydrogens (tertiary/aromatic N) is 1. The Morgan fingerprint density at radius 1 is 1.38 bits per heavy atom. The zero-order chi connectivity index (χ0) is 15.8. The molecule has 1 amide bonds. The summed E-state index contributed by atoms with van der Waals surface area (Å²) in [5, 5.41) is 1.09. The van der Waals surface area contributed by atoms with E-state index in [4.69, 9.17) is 33.7 Å². The molecule has 2 rings (SSSR count). The first-order valence-electron chi connectivity index (χ1n) is 6.88. The van der Waals surface area contributed by atoms with Crippen molar-refractivity contribution in [2.24, 2.45) is 5.73 Å². The Bertz CT molecular complexity index is 555. The molecule has 0 fully saturated rings. The fraction of sp³-hybridized carbons (Fsp3) is 0.533. The summed E-state index contributed by atoms with van der Waals surface area (Å²) in [5.74, 6) is 0. The van der Waals surface area contributed by atoms with Crippen molar-refractivity contribution >= 4 is 29.3 Å². The van der Waals surface area contributed by atoms with E-state index in [1.165, 1.54) is 0 Å². The number of carbonyl (C=O) groups excluding carboxylic acids is 1. The number of halogens is 2. The lowest BCUT2D eigenvalue weighted by atomic mass is 10.0. The minimum atomic E-state index is -0.530. The van der Waals surface area contributed by atoms with Crippen LogP contribution in [0, 0.1) is 0 Å². The van der Waals surface area contributed by atoms with Gasteiger partial charge >= 0.3 is 6.09 Å². The molecule has 116 valence electrons. The number of carbonyl (C=O) groups is 1. The van der Waals surface area contributed by atoms with Crippen LogP contribution in [0.4, 0.5) is 4.79 Å². The summed E-state index contributed by atoms with van der Waals surface area (Å²) < 4.78 is 5.42. The Hall–Kier alpha value is -0.970. The van der Waals surface area contributed by atoms with Crippen molar-refractivity contribution < 1.29 is 9.53 Å². The van der Waals surface area contributed by atoms with E-state index in [9.17, 15) is 4.79 Å². The third kappa shape index (κ3) is 4.02. The minimum Gasteiger partial charge on any atom is -0.444 e. The molecule has 4 nitrogen and oxygen atoms in total. The maximum Gasteiger partial charge on any atom is 0.410 e. The Balaban J connectivity index is 2.29. The quantitative estimate of drug-likeness (QED) is 0.777. The zero-order valence-corrected chi connectivity index (χ0v) is 14.0. The van der Waals surface area contributed by atoms with E-state index in [0.717, 1.165) is 11.1 Å². The highest BCUT2D eigenvalue weighted by atomic mass is 35.5. The summed E-state index contributed by atoms with van der Waals surface area (Å²) in [4.78, 5) is 13.9. The number of fused-ring (bicyclic) bond motifs is 1. The molecule has 1 aromatic rings. The van der Waals surface area contributed by atoms with Crippen LogP contribution in [0.3, 0.4) is 0 Å². The van der Waals surface area contributed by atoms with Crippen LogP contribution in [-0.2, 0) is 11.3 Å². The average Bonchev–Trinajstić information content (AvgIpc) is 2.48. The molecule has 1 atom stereocenters. The molecule has 0 saturated carbocycles. The third-order valence-corrected chi connectivity index (χ3v) is 3.86. The van der Waals surface area contributed by atoms with Gasteiger partial charge < -0.3 is 15.4 Å². The summed E-state index contributed by atoms with van der Waals surface area (Å²) >= 11 is 12.3. The van der Waals surface area contributed by atoms with Crippen molar-refractivity contribution in [2.75, 3.05) is 6.54 Å². The van der Waals surface area contributed by atoms with Gasteiger partial charge in [-0.15, -0.1) is 0 Å². The molecule has 0 spiro atoms. The van der Waals surface area contributed by atoms with E-state index in [1.807, 2.05) is 26.8 Å². The molecule has 21 heavy (non-hydrogen) atoms. The molecule has 6 heteroatoms. The highest BCUT2D eigenvalue weighted by Gasteiger charge is 2.28. The normalized spacial score (nSPS) is 19.0. The van der Waals surface area contributed by atoms with E-state index < -0.39 is 5.60 Å². The predicted molar refractivity (Wildman–Crippen MR) is 84.7 cm³/mol. The Labute approximate surface area is 135 Å². The standard InChI is InChI=1S/C15H20Cl2N2O2/c1-15(2,3)21-14(20)19-5-4-13(18)10-6-9(16)7-12(17)11(10)8-19/h6-7,13H,4-5,8,18H2,1-3H3. The van der Waals surface area contributed by atoms with Crippen LogP contribution in [0.5, 0.6) is 0 Å². The second kappa shape index (κ2) is 6.03. The second-order valence-electron chi connectivity index (χ2n) is 6.25. The number of amides is 1. The van der Waals surface area contributed by atoms with E-state index in [2.05, 4.69) is 0 Å². The average molecular weight is 331 g/mol. The minimum absolute atomic E-state index is 0.191. The molecule has 2 N–H and O–H groups in total. The van der Waals surface area contributed by atoms with Crippen molar-refractivity contribution in [1.29, 1.82) is 0 Å². The van der Waals surface area contributed by atoms with Gasteiger partial charge in [0.25, 0.3) is 0 Å². The Kier molecular flexibility index (Phi) is 4.71. The zero-order valence-electron chi connectivity index (χ0n) is 12.5. The molecular formula is C15H20Cl2N2O2. The molecule has 0 aromatic heterocycles. The topological polar surface area (TPSA) is 55.6 Å². The van der Waals surface area contributed by atoms with Gasteiger partial charge in [-0.2, -0.15) is 0 Å². The molecule has 0 saturated heterocycles. The first kappa shape index (κ1) is 16.4. The highest BCUT2D eigenvalue weighted by Crippen LogP contribution is 2.33. The van der Waals surface area contributed by atoms with Crippen LogP contribution in [0.2, 0.25) is 10.0 Å². The van der Waals surface area contributed by atoms with Crippen LogP contribution in [0.25, 0.3) is 0 Å². The third-order valence-electron chi connectivity index (χ3n) is 3.30. The maximum absolute atomic E-state index is 12.3. The van der Waals surface area contributed by atoms with Gasteiger partial charge in [-0.25, -0.2) is 4.79 Å². The van der Waals surface area contributed by atoms with Crippen molar-refractivity contribution in [3.8, 4) is 0 Å².